The number of hydrogen-bond donors (Lipinski definition) is 2. The first-order valence-electron chi connectivity index (χ1n) is 8.57. The lowest BCUT2D eigenvalue weighted by molar-refractivity contribution is -0.116. The van der Waals surface area contributed by atoms with E-state index in [0.29, 0.717) is 12.8 Å². The molecular formula is C19H18N4O2S2. The van der Waals surface area contributed by atoms with Crippen molar-refractivity contribution in [3.63, 3.8) is 0 Å². The lowest BCUT2D eigenvalue weighted by Gasteiger charge is -2.17. The summed E-state index contributed by atoms with van der Waals surface area (Å²) in [7, 11) is 0. The standard InChI is InChI=1S/C19H18N4O2S2/c1-10-11(2)27-19-17(10)18(20-9-21-19)26-8-16(25)22-13-4-5-14-12(7-13)3-6-15(24)23-14/h4-5,7,9H,3,6,8H2,1-2H3,(H,22,25)(H,23,24). The van der Waals surface area contributed by atoms with E-state index in [9.17, 15) is 9.59 Å². The Morgan fingerprint density at radius 3 is 3.00 bits per heavy atom. The van der Waals surface area contributed by atoms with Crippen molar-refractivity contribution in [1.29, 1.82) is 0 Å². The van der Waals surface area contributed by atoms with Gasteiger partial charge in [-0.25, -0.2) is 9.97 Å². The molecule has 138 valence electrons. The Morgan fingerprint density at radius 1 is 1.30 bits per heavy atom. The smallest absolute Gasteiger partial charge is 0.234 e. The predicted molar refractivity (Wildman–Crippen MR) is 110 cm³/mol. The van der Waals surface area contributed by atoms with Gasteiger partial charge in [-0.3, -0.25) is 9.59 Å². The number of nitrogens with zero attached hydrogens (tertiary/aromatic N) is 2. The highest BCUT2D eigenvalue weighted by Gasteiger charge is 2.16. The number of anilines is 2. The average molecular weight is 399 g/mol. The average Bonchev–Trinajstić information content (AvgIpc) is 2.95. The molecule has 0 fully saturated rings. The number of nitrogens with one attached hydrogen (secondary N) is 2. The van der Waals surface area contributed by atoms with Crippen LogP contribution in [0, 0.1) is 13.8 Å². The highest BCUT2D eigenvalue weighted by atomic mass is 32.2. The number of carbonyl (C=O) groups excluding carboxylic acids is 2. The van der Waals surface area contributed by atoms with Gasteiger partial charge in [-0.1, -0.05) is 11.8 Å². The number of thioether (sulfide) groups is 1. The van der Waals surface area contributed by atoms with Crippen LogP contribution in [0.2, 0.25) is 0 Å². The van der Waals surface area contributed by atoms with E-state index in [-0.39, 0.29) is 17.6 Å². The molecule has 2 N–H and O–H groups in total. The number of carbonyl (C=O) groups is 2. The lowest BCUT2D eigenvalue weighted by Crippen LogP contribution is -2.19. The monoisotopic (exact) mass is 398 g/mol. The summed E-state index contributed by atoms with van der Waals surface area (Å²) < 4.78 is 0. The summed E-state index contributed by atoms with van der Waals surface area (Å²) in [6.07, 6.45) is 2.72. The van der Waals surface area contributed by atoms with E-state index in [4.69, 9.17) is 0 Å². The van der Waals surface area contributed by atoms with E-state index in [1.54, 1.807) is 17.7 Å². The van der Waals surface area contributed by atoms with Crippen LogP contribution in [0.15, 0.2) is 29.6 Å². The van der Waals surface area contributed by atoms with Gasteiger partial charge in [0.2, 0.25) is 11.8 Å². The van der Waals surface area contributed by atoms with Crippen molar-refractivity contribution in [3.05, 3.63) is 40.5 Å². The van der Waals surface area contributed by atoms with Gasteiger partial charge in [-0.2, -0.15) is 0 Å². The lowest BCUT2D eigenvalue weighted by atomic mass is 10.0. The summed E-state index contributed by atoms with van der Waals surface area (Å²) in [5.74, 6) is 0.218. The van der Waals surface area contributed by atoms with Gasteiger partial charge in [0.15, 0.2) is 0 Å². The molecule has 0 bridgehead atoms. The molecule has 0 aliphatic carbocycles. The molecule has 3 aromatic rings. The molecule has 1 aliphatic heterocycles. The summed E-state index contributed by atoms with van der Waals surface area (Å²) in [6.45, 7) is 4.13. The van der Waals surface area contributed by atoms with Gasteiger partial charge >= 0.3 is 0 Å². The molecule has 0 saturated heterocycles. The number of hydrogen-bond acceptors (Lipinski definition) is 6. The van der Waals surface area contributed by atoms with Crippen LogP contribution in [0.5, 0.6) is 0 Å². The van der Waals surface area contributed by atoms with Crippen molar-refractivity contribution >= 4 is 56.5 Å². The molecule has 2 aromatic heterocycles. The molecule has 1 aliphatic rings. The van der Waals surface area contributed by atoms with Crippen molar-refractivity contribution in [3.8, 4) is 0 Å². The quantitative estimate of drug-likeness (QED) is 0.514. The van der Waals surface area contributed by atoms with Crippen LogP contribution in [0.1, 0.15) is 22.4 Å². The van der Waals surface area contributed by atoms with E-state index >= 15 is 0 Å². The van der Waals surface area contributed by atoms with Crippen molar-refractivity contribution < 1.29 is 9.59 Å². The number of benzene rings is 1. The molecule has 0 radical (unpaired) electrons. The molecular weight excluding hydrogens is 380 g/mol. The first kappa shape index (κ1) is 17.9. The third-order valence-electron chi connectivity index (χ3n) is 4.56. The number of rotatable bonds is 4. The normalized spacial score (nSPS) is 13.3. The Labute approximate surface area is 164 Å². The predicted octanol–water partition coefficient (Wildman–Crippen LogP) is 3.92. The summed E-state index contributed by atoms with van der Waals surface area (Å²) in [5, 5.41) is 7.65. The highest BCUT2D eigenvalue weighted by molar-refractivity contribution is 8.00. The Bertz CT molecular complexity index is 1060. The van der Waals surface area contributed by atoms with Crippen molar-refractivity contribution in [2.75, 3.05) is 16.4 Å². The molecule has 0 saturated carbocycles. The molecule has 27 heavy (non-hydrogen) atoms. The maximum absolute atomic E-state index is 12.4. The minimum atomic E-state index is -0.0869. The van der Waals surface area contributed by atoms with Gasteiger partial charge in [0.25, 0.3) is 0 Å². The van der Waals surface area contributed by atoms with Crippen LogP contribution in [-0.2, 0) is 16.0 Å². The third-order valence-corrected chi connectivity index (χ3v) is 6.66. The third kappa shape index (κ3) is 3.68. The molecule has 0 atom stereocenters. The van der Waals surface area contributed by atoms with Crippen LogP contribution < -0.4 is 10.6 Å². The fourth-order valence-corrected chi connectivity index (χ4v) is 4.97. The van der Waals surface area contributed by atoms with Gasteiger partial charge < -0.3 is 10.6 Å². The molecule has 3 heterocycles. The van der Waals surface area contributed by atoms with Gasteiger partial charge in [0, 0.05) is 28.1 Å². The van der Waals surface area contributed by atoms with E-state index in [2.05, 4.69) is 34.4 Å². The molecule has 4 rings (SSSR count). The number of thiophene rings is 1. The van der Waals surface area contributed by atoms with Crippen molar-refractivity contribution in [2.24, 2.45) is 0 Å². The number of amides is 2. The number of aryl methyl sites for hydroxylation is 3. The fourth-order valence-electron chi connectivity index (χ4n) is 3.05. The van der Waals surface area contributed by atoms with E-state index in [1.165, 1.54) is 22.2 Å². The van der Waals surface area contributed by atoms with Crippen LogP contribution in [-0.4, -0.2) is 27.5 Å². The van der Waals surface area contributed by atoms with Crippen molar-refractivity contribution in [1.82, 2.24) is 9.97 Å². The summed E-state index contributed by atoms with van der Waals surface area (Å²) in [4.78, 5) is 34.7. The Kier molecular flexibility index (Phi) is 4.84. The van der Waals surface area contributed by atoms with E-state index in [0.717, 1.165) is 32.2 Å². The second-order valence-corrected chi connectivity index (χ2v) is 8.57. The zero-order valence-corrected chi connectivity index (χ0v) is 16.6. The zero-order chi connectivity index (χ0) is 19.0. The fraction of sp³-hybridized carbons (Fsp3) is 0.263. The molecule has 6 nitrogen and oxygen atoms in total. The topological polar surface area (TPSA) is 84.0 Å². The SMILES string of the molecule is Cc1sc2ncnc(SCC(=O)Nc3ccc4c(c3)CCC(=O)N4)c2c1C. The zero-order valence-electron chi connectivity index (χ0n) is 15.0. The van der Waals surface area contributed by atoms with Crippen molar-refractivity contribution in [2.45, 2.75) is 31.7 Å². The molecule has 0 spiro atoms. The first-order valence-corrected chi connectivity index (χ1v) is 10.4. The maximum Gasteiger partial charge on any atom is 0.234 e. The summed E-state index contributed by atoms with van der Waals surface area (Å²) in [6, 6.07) is 5.56. The second-order valence-electron chi connectivity index (χ2n) is 6.40. The maximum atomic E-state index is 12.4. The first-order chi connectivity index (χ1) is 13.0. The van der Waals surface area contributed by atoms with Gasteiger partial charge in [0.1, 0.15) is 16.2 Å². The van der Waals surface area contributed by atoms with E-state index in [1.807, 2.05) is 18.2 Å². The van der Waals surface area contributed by atoms with Crippen LogP contribution >= 0.6 is 23.1 Å². The molecule has 2 amide bonds. The van der Waals surface area contributed by atoms with Crippen LogP contribution in [0.25, 0.3) is 10.2 Å². The Balaban J connectivity index is 1.44. The van der Waals surface area contributed by atoms with Gasteiger partial charge in [-0.05, 0) is 49.6 Å². The summed E-state index contributed by atoms with van der Waals surface area (Å²) in [5.41, 5.74) is 3.79. The molecule has 0 unspecified atom stereocenters. The van der Waals surface area contributed by atoms with Crippen LogP contribution in [0.3, 0.4) is 0 Å². The second kappa shape index (κ2) is 7.28. The van der Waals surface area contributed by atoms with Crippen LogP contribution in [0.4, 0.5) is 11.4 Å². The van der Waals surface area contributed by atoms with E-state index < -0.39 is 0 Å². The molecule has 1 aromatic carbocycles. The highest BCUT2D eigenvalue weighted by Crippen LogP contribution is 2.34. The molecule has 8 heteroatoms. The number of aromatic nitrogens is 2. The minimum Gasteiger partial charge on any atom is -0.326 e. The van der Waals surface area contributed by atoms with Gasteiger partial charge in [-0.15, -0.1) is 11.3 Å². The summed E-state index contributed by atoms with van der Waals surface area (Å²) >= 11 is 3.07. The Morgan fingerprint density at radius 2 is 2.15 bits per heavy atom. The minimum absolute atomic E-state index is 0.0332. The van der Waals surface area contributed by atoms with Gasteiger partial charge in [0.05, 0.1) is 5.75 Å². The number of fused-ring (bicyclic) bond motifs is 2. The Hall–Kier alpha value is -2.45. The largest absolute Gasteiger partial charge is 0.326 e.